The van der Waals surface area contributed by atoms with Gasteiger partial charge < -0.3 is 9.84 Å². The second-order valence-electron chi connectivity index (χ2n) is 5.72. The van der Waals surface area contributed by atoms with Crippen LogP contribution in [-0.4, -0.2) is 20.1 Å². The standard InChI is InChI=1S/C19H24O4S/c1-3-5-13-23-16-7-9-17(10-8-16)24(21,22)18-11-12-19(20)15(14-18)6-4-2/h7-12,14,20H,3-6,13H2,1-2H3. The minimum Gasteiger partial charge on any atom is -0.508 e. The van der Waals surface area contributed by atoms with Crippen molar-refractivity contribution in [3.63, 3.8) is 0 Å². The van der Waals surface area contributed by atoms with E-state index >= 15 is 0 Å². The Labute approximate surface area is 144 Å². The van der Waals surface area contributed by atoms with E-state index in [1.54, 1.807) is 30.3 Å². The summed E-state index contributed by atoms with van der Waals surface area (Å²) in [5.41, 5.74) is 0.651. The summed E-state index contributed by atoms with van der Waals surface area (Å²) >= 11 is 0. The highest BCUT2D eigenvalue weighted by molar-refractivity contribution is 7.91. The Morgan fingerprint density at radius 2 is 1.62 bits per heavy atom. The molecule has 0 aliphatic rings. The zero-order valence-electron chi connectivity index (χ0n) is 14.2. The van der Waals surface area contributed by atoms with Crippen molar-refractivity contribution >= 4 is 9.84 Å². The van der Waals surface area contributed by atoms with Crippen LogP contribution in [0.15, 0.2) is 52.3 Å². The highest BCUT2D eigenvalue weighted by Crippen LogP contribution is 2.28. The molecule has 0 saturated carbocycles. The lowest BCUT2D eigenvalue weighted by molar-refractivity contribution is 0.309. The average Bonchev–Trinajstić information content (AvgIpc) is 2.57. The predicted octanol–water partition coefficient (Wildman–Crippen LogP) is 4.36. The Morgan fingerprint density at radius 1 is 0.958 bits per heavy atom. The Balaban J connectivity index is 2.25. The van der Waals surface area contributed by atoms with Crippen LogP contribution in [-0.2, 0) is 16.3 Å². The van der Waals surface area contributed by atoms with Gasteiger partial charge in [0, 0.05) is 0 Å². The van der Waals surface area contributed by atoms with Crippen LogP contribution in [0.25, 0.3) is 0 Å². The molecule has 0 saturated heterocycles. The first-order valence-electron chi connectivity index (χ1n) is 8.29. The van der Waals surface area contributed by atoms with E-state index in [1.807, 2.05) is 6.92 Å². The van der Waals surface area contributed by atoms with Gasteiger partial charge in [-0.15, -0.1) is 0 Å². The molecule has 0 radical (unpaired) electrons. The normalized spacial score (nSPS) is 11.4. The molecule has 0 bridgehead atoms. The summed E-state index contributed by atoms with van der Waals surface area (Å²) in [4.78, 5) is 0.418. The van der Waals surface area contributed by atoms with Crippen molar-refractivity contribution in [3.8, 4) is 11.5 Å². The summed E-state index contributed by atoms with van der Waals surface area (Å²) in [6.07, 6.45) is 3.49. The molecule has 0 aliphatic heterocycles. The van der Waals surface area contributed by atoms with Crippen LogP contribution < -0.4 is 4.74 Å². The molecule has 0 amide bonds. The van der Waals surface area contributed by atoms with E-state index in [0.29, 0.717) is 24.3 Å². The number of rotatable bonds is 8. The second kappa shape index (κ2) is 8.20. The largest absolute Gasteiger partial charge is 0.508 e. The fourth-order valence-electron chi connectivity index (χ4n) is 2.38. The molecule has 0 spiro atoms. The fourth-order valence-corrected chi connectivity index (χ4v) is 3.70. The molecule has 0 heterocycles. The number of unbranched alkanes of at least 4 members (excludes halogenated alkanes) is 1. The van der Waals surface area contributed by atoms with E-state index in [9.17, 15) is 13.5 Å². The van der Waals surface area contributed by atoms with E-state index < -0.39 is 9.84 Å². The van der Waals surface area contributed by atoms with Gasteiger partial charge in [-0.05, 0) is 60.9 Å². The van der Waals surface area contributed by atoms with Crippen LogP contribution in [0.2, 0.25) is 0 Å². The molecular weight excluding hydrogens is 324 g/mol. The van der Waals surface area contributed by atoms with Crippen LogP contribution in [0, 0.1) is 0 Å². The van der Waals surface area contributed by atoms with E-state index in [4.69, 9.17) is 4.74 Å². The SMILES string of the molecule is CCCCOc1ccc(S(=O)(=O)c2ccc(O)c(CCC)c2)cc1. The minimum absolute atomic E-state index is 0.135. The van der Waals surface area contributed by atoms with Crippen molar-refractivity contribution < 1.29 is 18.3 Å². The van der Waals surface area contributed by atoms with Gasteiger partial charge >= 0.3 is 0 Å². The first-order valence-corrected chi connectivity index (χ1v) is 9.77. The third-order valence-corrected chi connectivity index (χ3v) is 5.55. The Morgan fingerprint density at radius 3 is 2.25 bits per heavy atom. The van der Waals surface area contributed by atoms with Crippen LogP contribution in [0.5, 0.6) is 11.5 Å². The topological polar surface area (TPSA) is 63.6 Å². The molecule has 1 N–H and O–H groups in total. The molecule has 2 rings (SSSR count). The molecule has 0 unspecified atom stereocenters. The maximum atomic E-state index is 12.8. The number of ether oxygens (including phenoxy) is 1. The summed E-state index contributed by atoms with van der Waals surface area (Å²) in [5.74, 6) is 0.801. The zero-order valence-corrected chi connectivity index (χ0v) is 15.0. The molecule has 2 aromatic carbocycles. The predicted molar refractivity (Wildman–Crippen MR) is 94.4 cm³/mol. The number of hydrogen-bond acceptors (Lipinski definition) is 4. The Kier molecular flexibility index (Phi) is 6.26. The minimum atomic E-state index is -3.61. The molecule has 0 aromatic heterocycles. The van der Waals surface area contributed by atoms with Gasteiger partial charge in [-0.3, -0.25) is 0 Å². The number of phenolic OH excluding ortho intramolecular Hbond substituents is 1. The maximum Gasteiger partial charge on any atom is 0.206 e. The zero-order chi connectivity index (χ0) is 17.6. The molecule has 24 heavy (non-hydrogen) atoms. The van der Waals surface area contributed by atoms with Crippen LogP contribution >= 0.6 is 0 Å². The molecule has 0 atom stereocenters. The number of benzene rings is 2. The monoisotopic (exact) mass is 348 g/mol. The average molecular weight is 348 g/mol. The number of phenols is 1. The third-order valence-electron chi connectivity index (χ3n) is 3.78. The molecule has 130 valence electrons. The number of aromatic hydroxyl groups is 1. The summed E-state index contributed by atoms with van der Waals surface area (Å²) in [7, 11) is -3.61. The number of aryl methyl sites for hydroxylation is 1. The quantitative estimate of drug-likeness (QED) is 0.720. The van der Waals surface area contributed by atoms with Gasteiger partial charge in [0.2, 0.25) is 9.84 Å². The molecule has 0 aliphatic carbocycles. The van der Waals surface area contributed by atoms with Gasteiger partial charge in [0.05, 0.1) is 16.4 Å². The lowest BCUT2D eigenvalue weighted by atomic mass is 10.1. The molecule has 2 aromatic rings. The Hall–Kier alpha value is -2.01. The first kappa shape index (κ1) is 18.3. The van der Waals surface area contributed by atoms with Gasteiger partial charge in [-0.25, -0.2) is 8.42 Å². The number of hydrogen-bond donors (Lipinski definition) is 1. The Bertz CT molecular complexity index is 764. The first-order chi connectivity index (χ1) is 11.5. The summed E-state index contributed by atoms with van der Waals surface area (Å²) in [5, 5.41) is 9.83. The van der Waals surface area contributed by atoms with Crippen molar-refractivity contribution in [2.75, 3.05) is 6.61 Å². The molecule has 0 fully saturated rings. The molecular formula is C19H24O4S. The van der Waals surface area contributed by atoms with Gasteiger partial charge in [0.25, 0.3) is 0 Å². The van der Waals surface area contributed by atoms with Crippen LogP contribution in [0.3, 0.4) is 0 Å². The second-order valence-corrected chi connectivity index (χ2v) is 7.67. The van der Waals surface area contributed by atoms with Crippen molar-refractivity contribution in [1.29, 1.82) is 0 Å². The van der Waals surface area contributed by atoms with Crippen molar-refractivity contribution in [2.45, 2.75) is 49.3 Å². The lowest BCUT2D eigenvalue weighted by Crippen LogP contribution is -2.03. The van der Waals surface area contributed by atoms with Gasteiger partial charge in [-0.2, -0.15) is 0 Å². The molecule has 5 heteroatoms. The highest BCUT2D eigenvalue weighted by atomic mass is 32.2. The lowest BCUT2D eigenvalue weighted by Gasteiger charge is -2.10. The number of sulfone groups is 1. The van der Waals surface area contributed by atoms with E-state index in [-0.39, 0.29) is 15.5 Å². The van der Waals surface area contributed by atoms with Gasteiger partial charge in [0.1, 0.15) is 11.5 Å². The smallest absolute Gasteiger partial charge is 0.206 e. The van der Waals surface area contributed by atoms with Gasteiger partial charge in [-0.1, -0.05) is 26.7 Å². The van der Waals surface area contributed by atoms with Crippen LogP contribution in [0.4, 0.5) is 0 Å². The maximum absolute atomic E-state index is 12.8. The van der Waals surface area contributed by atoms with E-state index in [1.165, 1.54) is 12.1 Å². The van der Waals surface area contributed by atoms with E-state index in [0.717, 1.165) is 19.3 Å². The van der Waals surface area contributed by atoms with Gasteiger partial charge in [0.15, 0.2) is 0 Å². The fraction of sp³-hybridized carbons (Fsp3) is 0.368. The summed E-state index contributed by atoms with van der Waals surface area (Å²) in [6, 6.07) is 10.9. The van der Waals surface area contributed by atoms with E-state index in [2.05, 4.69) is 6.92 Å². The third kappa shape index (κ3) is 4.29. The van der Waals surface area contributed by atoms with Crippen molar-refractivity contribution in [3.05, 3.63) is 48.0 Å². The van der Waals surface area contributed by atoms with Crippen LogP contribution in [0.1, 0.15) is 38.7 Å². The van der Waals surface area contributed by atoms with Crippen molar-refractivity contribution in [1.82, 2.24) is 0 Å². The summed E-state index contributed by atoms with van der Waals surface area (Å²) < 4.78 is 31.1. The highest BCUT2D eigenvalue weighted by Gasteiger charge is 2.19. The van der Waals surface area contributed by atoms with Crippen molar-refractivity contribution in [2.24, 2.45) is 0 Å². The molecule has 4 nitrogen and oxygen atoms in total. The summed E-state index contributed by atoms with van der Waals surface area (Å²) in [6.45, 7) is 4.70.